The van der Waals surface area contributed by atoms with Crippen LogP contribution in [0.3, 0.4) is 0 Å². The Hall–Kier alpha value is 0.0339. The number of ether oxygens (including phenoxy) is 1. The zero-order valence-corrected chi connectivity index (χ0v) is 20.9. The number of aliphatic hydroxyl groups excluding tert-OH is 1. The molecule has 6 heteroatoms. The van der Waals surface area contributed by atoms with Crippen LogP contribution >= 0.6 is 22.9 Å². The maximum Gasteiger partial charge on any atom is 0.0790 e. The molecule has 2 heterocycles. The van der Waals surface area contributed by atoms with Gasteiger partial charge in [0, 0.05) is 51.5 Å². The second-order valence-corrected chi connectivity index (χ2v) is 8.73. The van der Waals surface area contributed by atoms with Crippen LogP contribution in [-0.4, -0.2) is 29.7 Å². The van der Waals surface area contributed by atoms with Gasteiger partial charge in [0.15, 0.2) is 0 Å². The summed E-state index contributed by atoms with van der Waals surface area (Å²) in [5, 5.41) is 13.5. The van der Waals surface area contributed by atoms with Gasteiger partial charge in [-0.15, -0.1) is 21.9 Å². The van der Waals surface area contributed by atoms with Crippen molar-refractivity contribution in [3.8, 4) is 0 Å². The first-order valence-corrected chi connectivity index (χ1v) is 11.2. The van der Waals surface area contributed by atoms with Crippen LogP contribution in [-0.2, 0) is 44.1 Å². The molecular formula is C22H29ClNO2SY-. The van der Waals surface area contributed by atoms with E-state index in [1.807, 2.05) is 24.3 Å². The van der Waals surface area contributed by atoms with Crippen LogP contribution < -0.4 is 4.90 Å². The third-order valence-corrected chi connectivity index (χ3v) is 6.49. The number of hydrogen-bond donors (Lipinski definition) is 1. The number of unbranched alkanes of at least 4 members (excludes halogenated alkanes) is 2. The Labute approximate surface area is 203 Å². The molecule has 0 saturated carbocycles. The Balaban J connectivity index is 0.00000280. The Morgan fingerprint density at radius 1 is 1.29 bits per heavy atom. The van der Waals surface area contributed by atoms with Crippen molar-refractivity contribution in [3.63, 3.8) is 0 Å². The van der Waals surface area contributed by atoms with E-state index in [1.54, 1.807) is 11.3 Å². The normalized spacial score (nSPS) is 20.2. The summed E-state index contributed by atoms with van der Waals surface area (Å²) >= 11 is 8.17. The van der Waals surface area contributed by atoms with Crippen molar-refractivity contribution in [2.24, 2.45) is 0 Å². The number of anilines is 1. The van der Waals surface area contributed by atoms with Crippen LogP contribution in [0.1, 0.15) is 55.6 Å². The third kappa shape index (κ3) is 6.79. The molecule has 1 fully saturated rings. The molecule has 0 bridgehead atoms. The van der Waals surface area contributed by atoms with E-state index in [0.29, 0.717) is 13.2 Å². The summed E-state index contributed by atoms with van der Waals surface area (Å²) in [7, 11) is 0. The van der Waals surface area contributed by atoms with Gasteiger partial charge in [-0.3, -0.25) is 11.3 Å². The number of aliphatic hydroxyl groups is 1. The van der Waals surface area contributed by atoms with Gasteiger partial charge in [0.25, 0.3) is 0 Å². The van der Waals surface area contributed by atoms with Gasteiger partial charge in [0.1, 0.15) is 0 Å². The number of nitrogens with zero attached hydrogens (tertiary/aromatic N) is 1. The van der Waals surface area contributed by atoms with E-state index in [4.69, 9.17) is 16.3 Å². The molecule has 1 aromatic heterocycles. The minimum Gasteiger partial charge on any atom is -0.388 e. The van der Waals surface area contributed by atoms with Crippen LogP contribution in [0.4, 0.5) is 5.69 Å². The van der Waals surface area contributed by atoms with Gasteiger partial charge >= 0.3 is 0 Å². The SMILES string of the molecule is CCCCCC(O)c1ccc(N2CC[C@@H](Cl)[C@@H]2COCc2cc[c-]s2)cc1.[Y]. The van der Waals surface area contributed by atoms with Gasteiger partial charge in [0.2, 0.25) is 0 Å². The van der Waals surface area contributed by atoms with Crippen LogP contribution in [0.5, 0.6) is 0 Å². The predicted molar refractivity (Wildman–Crippen MR) is 114 cm³/mol. The van der Waals surface area contributed by atoms with Crippen molar-refractivity contribution in [3.05, 3.63) is 52.2 Å². The molecule has 1 aromatic carbocycles. The molecule has 3 nitrogen and oxygen atoms in total. The van der Waals surface area contributed by atoms with Gasteiger partial charge in [-0.1, -0.05) is 38.3 Å². The zero-order chi connectivity index (χ0) is 19.1. The van der Waals surface area contributed by atoms with Crippen LogP contribution in [0.25, 0.3) is 0 Å². The summed E-state index contributed by atoms with van der Waals surface area (Å²) in [5.41, 5.74) is 2.15. The van der Waals surface area contributed by atoms with E-state index in [0.717, 1.165) is 37.1 Å². The summed E-state index contributed by atoms with van der Waals surface area (Å²) in [5.74, 6) is 0. The molecule has 3 rings (SSSR count). The molecular weight excluding hydrogens is 467 g/mol. The molecule has 2 aromatic rings. The Kier molecular flexibility index (Phi) is 11.0. The minimum absolute atomic E-state index is 0. The van der Waals surface area contributed by atoms with Gasteiger partial charge in [0.05, 0.1) is 24.1 Å². The average molecular weight is 496 g/mol. The van der Waals surface area contributed by atoms with Crippen molar-refractivity contribution in [1.29, 1.82) is 0 Å². The maximum absolute atomic E-state index is 10.3. The Morgan fingerprint density at radius 3 is 2.75 bits per heavy atom. The van der Waals surface area contributed by atoms with Gasteiger partial charge < -0.3 is 14.7 Å². The van der Waals surface area contributed by atoms with E-state index in [-0.39, 0.29) is 50.2 Å². The molecule has 0 amide bonds. The predicted octanol–water partition coefficient (Wildman–Crippen LogP) is 5.56. The summed E-state index contributed by atoms with van der Waals surface area (Å²) in [4.78, 5) is 3.53. The topological polar surface area (TPSA) is 32.7 Å². The first-order chi connectivity index (χ1) is 13.2. The number of halogens is 1. The van der Waals surface area contributed by atoms with Crippen molar-refractivity contribution < 1.29 is 42.6 Å². The van der Waals surface area contributed by atoms with Crippen molar-refractivity contribution in [1.82, 2.24) is 0 Å². The molecule has 1 N–H and O–H groups in total. The van der Waals surface area contributed by atoms with Crippen molar-refractivity contribution >= 4 is 28.6 Å². The molecule has 0 aliphatic carbocycles. The fraction of sp³-hybridized carbons (Fsp3) is 0.545. The Morgan fingerprint density at radius 2 is 2.07 bits per heavy atom. The fourth-order valence-electron chi connectivity index (χ4n) is 3.60. The molecule has 0 spiro atoms. The van der Waals surface area contributed by atoms with Gasteiger partial charge in [-0.25, -0.2) is 0 Å². The molecule has 1 saturated heterocycles. The molecule has 1 unspecified atom stereocenters. The number of hydrogen-bond acceptors (Lipinski definition) is 4. The third-order valence-electron chi connectivity index (χ3n) is 5.21. The maximum atomic E-state index is 10.3. The Bertz CT molecular complexity index is 668. The first-order valence-electron chi connectivity index (χ1n) is 9.90. The molecule has 151 valence electrons. The summed E-state index contributed by atoms with van der Waals surface area (Å²) in [6.45, 7) is 4.35. The first kappa shape index (κ1) is 24.3. The number of benzene rings is 1. The number of thiophene rings is 1. The molecule has 1 radical (unpaired) electrons. The second-order valence-electron chi connectivity index (χ2n) is 7.20. The monoisotopic (exact) mass is 495 g/mol. The summed E-state index contributed by atoms with van der Waals surface area (Å²) < 4.78 is 5.93. The van der Waals surface area contributed by atoms with E-state index in [1.165, 1.54) is 17.7 Å². The summed E-state index contributed by atoms with van der Waals surface area (Å²) in [6.07, 6.45) is 4.84. The van der Waals surface area contributed by atoms with Gasteiger partial charge in [-0.05, 0) is 30.5 Å². The summed E-state index contributed by atoms with van der Waals surface area (Å²) in [6, 6.07) is 12.5. The standard InChI is InChI=1S/C22H29ClNO2S.Y/c1-2-3-4-7-22(25)17-8-10-18(11-9-17)24-13-12-20(23)21(24)16-26-15-19-6-5-14-27-19;/h5-6,8-11,20-22,25H,2-4,7,12-13,15-16H2,1H3;/q-1;/t20-,21+,22?;/m1./s1. The minimum atomic E-state index is -0.369. The smallest absolute Gasteiger partial charge is 0.0790 e. The van der Waals surface area contributed by atoms with Crippen LogP contribution in [0.15, 0.2) is 36.4 Å². The average Bonchev–Trinajstić information content (AvgIpc) is 3.32. The molecule has 3 atom stereocenters. The number of alkyl halides is 1. The second kappa shape index (κ2) is 12.7. The molecule has 28 heavy (non-hydrogen) atoms. The fourth-order valence-corrected chi connectivity index (χ4v) is 4.47. The van der Waals surface area contributed by atoms with E-state index in [9.17, 15) is 5.11 Å². The van der Waals surface area contributed by atoms with Crippen LogP contribution in [0.2, 0.25) is 0 Å². The van der Waals surface area contributed by atoms with E-state index in [2.05, 4.69) is 29.3 Å². The van der Waals surface area contributed by atoms with Crippen molar-refractivity contribution in [2.75, 3.05) is 18.1 Å². The quantitative estimate of drug-likeness (QED) is 0.266. The van der Waals surface area contributed by atoms with Gasteiger partial charge in [-0.2, -0.15) is 12.1 Å². The largest absolute Gasteiger partial charge is 0.388 e. The molecule has 1 aliphatic rings. The number of rotatable bonds is 10. The zero-order valence-electron chi connectivity index (χ0n) is 16.5. The van der Waals surface area contributed by atoms with Crippen molar-refractivity contribution in [2.45, 2.75) is 63.2 Å². The van der Waals surface area contributed by atoms with E-state index >= 15 is 0 Å². The van der Waals surface area contributed by atoms with Crippen LogP contribution in [0, 0.1) is 5.38 Å². The van der Waals surface area contributed by atoms with E-state index < -0.39 is 0 Å². The molecule has 1 aliphatic heterocycles.